The minimum Gasteiger partial charge on any atom is -0.312 e. The Balaban J connectivity index is 2.44. The number of hydrogen-bond donors (Lipinski definition) is 2. The van der Waals surface area contributed by atoms with E-state index in [4.69, 9.17) is 0 Å². The van der Waals surface area contributed by atoms with Crippen molar-refractivity contribution < 1.29 is 8.42 Å². The van der Waals surface area contributed by atoms with E-state index in [2.05, 4.69) is 17.0 Å². The molecule has 0 saturated carbocycles. The SMILES string of the molecule is CC1CCCNC1CNS(=O)(=O)CC(C)(C)C. The van der Waals surface area contributed by atoms with Gasteiger partial charge in [-0.1, -0.05) is 27.7 Å². The van der Waals surface area contributed by atoms with Gasteiger partial charge in [-0.3, -0.25) is 0 Å². The first-order chi connectivity index (χ1) is 7.70. The molecule has 2 N–H and O–H groups in total. The molecule has 0 bridgehead atoms. The molecule has 1 aliphatic heterocycles. The van der Waals surface area contributed by atoms with Crippen molar-refractivity contribution in [2.45, 2.75) is 46.6 Å². The van der Waals surface area contributed by atoms with Gasteiger partial charge in [-0.2, -0.15) is 0 Å². The Morgan fingerprint density at radius 3 is 2.53 bits per heavy atom. The second-order valence-electron chi connectivity index (χ2n) is 6.35. The molecule has 0 amide bonds. The molecular weight excluding hydrogens is 236 g/mol. The normalized spacial score (nSPS) is 27.1. The zero-order valence-corrected chi connectivity index (χ0v) is 12.2. The summed E-state index contributed by atoms with van der Waals surface area (Å²) < 4.78 is 26.4. The lowest BCUT2D eigenvalue weighted by Gasteiger charge is -2.30. The molecule has 5 heteroatoms. The topological polar surface area (TPSA) is 58.2 Å². The fourth-order valence-corrected chi connectivity index (χ4v) is 3.90. The van der Waals surface area contributed by atoms with Crippen LogP contribution in [-0.2, 0) is 10.0 Å². The van der Waals surface area contributed by atoms with Crippen LogP contribution in [0, 0.1) is 11.3 Å². The minimum atomic E-state index is -3.15. The highest BCUT2D eigenvalue weighted by Crippen LogP contribution is 2.17. The van der Waals surface area contributed by atoms with Crippen molar-refractivity contribution in [3.63, 3.8) is 0 Å². The Bertz CT molecular complexity index is 333. The molecule has 1 saturated heterocycles. The quantitative estimate of drug-likeness (QED) is 0.804. The van der Waals surface area contributed by atoms with E-state index in [9.17, 15) is 8.42 Å². The van der Waals surface area contributed by atoms with Crippen molar-refractivity contribution in [2.24, 2.45) is 11.3 Å². The first-order valence-electron chi connectivity index (χ1n) is 6.40. The van der Waals surface area contributed by atoms with E-state index in [0.29, 0.717) is 12.5 Å². The first-order valence-corrected chi connectivity index (χ1v) is 8.05. The predicted octanol–water partition coefficient (Wildman–Crippen LogP) is 1.34. The van der Waals surface area contributed by atoms with Gasteiger partial charge in [0.1, 0.15) is 0 Å². The zero-order valence-electron chi connectivity index (χ0n) is 11.4. The van der Waals surface area contributed by atoms with Crippen LogP contribution in [0.1, 0.15) is 40.5 Å². The molecule has 17 heavy (non-hydrogen) atoms. The van der Waals surface area contributed by atoms with Gasteiger partial charge in [0.25, 0.3) is 0 Å². The summed E-state index contributed by atoms with van der Waals surface area (Å²) in [6.45, 7) is 9.50. The molecule has 2 unspecified atom stereocenters. The third-order valence-electron chi connectivity index (χ3n) is 3.08. The number of nitrogens with one attached hydrogen (secondary N) is 2. The van der Waals surface area contributed by atoms with E-state index in [1.807, 2.05) is 20.8 Å². The molecule has 0 spiro atoms. The average Bonchev–Trinajstić information content (AvgIpc) is 2.13. The summed E-state index contributed by atoms with van der Waals surface area (Å²) in [5.74, 6) is 0.724. The lowest BCUT2D eigenvalue weighted by Crippen LogP contribution is -2.48. The summed E-state index contributed by atoms with van der Waals surface area (Å²) in [5, 5.41) is 3.38. The van der Waals surface area contributed by atoms with Gasteiger partial charge in [0.05, 0.1) is 5.75 Å². The maximum absolute atomic E-state index is 11.9. The van der Waals surface area contributed by atoms with Gasteiger partial charge in [-0.15, -0.1) is 0 Å². The van der Waals surface area contributed by atoms with Gasteiger partial charge in [-0.05, 0) is 30.7 Å². The Morgan fingerprint density at radius 1 is 1.35 bits per heavy atom. The largest absolute Gasteiger partial charge is 0.312 e. The van der Waals surface area contributed by atoms with Crippen LogP contribution in [0.5, 0.6) is 0 Å². The van der Waals surface area contributed by atoms with Crippen LogP contribution >= 0.6 is 0 Å². The van der Waals surface area contributed by atoms with Crippen molar-refractivity contribution in [2.75, 3.05) is 18.8 Å². The van der Waals surface area contributed by atoms with Crippen LogP contribution in [-0.4, -0.2) is 33.3 Å². The Hall–Kier alpha value is -0.130. The van der Waals surface area contributed by atoms with E-state index in [1.165, 1.54) is 12.8 Å². The molecule has 0 aromatic heterocycles. The van der Waals surface area contributed by atoms with E-state index in [-0.39, 0.29) is 17.2 Å². The minimum absolute atomic E-state index is 0.182. The maximum Gasteiger partial charge on any atom is 0.212 e. The Labute approximate surface area is 106 Å². The highest BCUT2D eigenvalue weighted by molar-refractivity contribution is 7.89. The summed E-state index contributed by atoms with van der Waals surface area (Å²) in [6.07, 6.45) is 2.37. The summed E-state index contributed by atoms with van der Waals surface area (Å²) in [7, 11) is -3.15. The second kappa shape index (κ2) is 5.67. The van der Waals surface area contributed by atoms with Gasteiger partial charge in [-0.25, -0.2) is 13.1 Å². The van der Waals surface area contributed by atoms with Crippen LogP contribution in [0.2, 0.25) is 0 Å². The summed E-state index contributed by atoms with van der Waals surface area (Å²) >= 11 is 0. The highest BCUT2D eigenvalue weighted by atomic mass is 32.2. The standard InChI is InChI=1S/C12H26N2O2S/c1-10-6-5-7-13-11(10)8-14-17(15,16)9-12(2,3)4/h10-11,13-14H,5-9H2,1-4H3. The van der Waals surface area contributed by atoms with E-state index in [1.54, 1.807) is 0 Å². The molecule has 0 aromatic carbocycles. The van der Waals surface area contributed by atoms with Crippen LogP contribution in [0.3, 0.4) is 0 Å². The number of hydrogen-bond acceptors (Lipinski definition) is 3. The van der Waals surface area contributed by atoms with Gasteiger partial charge in [0.2, 0.25) is 10.0 Å². The Morgan fingerprint density at radius 2 is 2.00 bits per heavy atom. The number of rotatable bonds is 4. The summed E-state index contributed by atoms with van der Waals surface area (Å²) in [5.41, 5.74) is -0.197. The van der Waals surface area contributed by atoms with E-state index < -0.39 is 10.0 Å². The van der Waals surface area contributed by atoms with Crippen molar-refractivity contribution in [1.82, 2.24) is 10.0 Å². The van der Waals surface area contributed by atoms with E-state index >= 15 is 0 Å². The third-order valence-corrected chi connectivity index (χ3v) is 4.93. The zero-order chi connectivity index (χ0) is 13.1. The van der Waals surface area contributed by atoms with E-state index in [0.717, 1.165) is 6.54 Å². The van der Waals surface area contributed by atoms with Crippen molar-refractivity contribution in [1.29, 1.82) is 0 Å². The fourth-order valence-electron chi connectivity index (χ4n) is 2.23. The van der Waals surface area contributed by atoms with Crippen LogP contribution in [0.25, 0.3) is 0 Å². The highest BCUT2D eigenvalue weighted by Gasteiger charge is 2.25. The smallest absolute Gasteiger partial charge is 0.212 e. The van der Waals surface area contributed by atoms with Gasteiger partial charge >= 0.3 is 0 Å². The van der Waals surface area contributed by atoms with Crippen LogP contribution in [0.15, 0.2) is 0 Å². The maximum atomic E-state index is 11.9. The number of sulfonamides is 1. The fraction of sp³-hybridized carbons (Fsp3) is 1.00. The molecule has 0 aromatic rings. The monoisotopic (exact) mass is 262 g/mol. The third kappa shape index (κ3) is 5.84. The van der Waals surface area contributed by atoms with Crippen molar-refractivity contribution in [3.05, 3.63) is 0 Å². The second-order valence-corrected chi connectivity index (χ2v) is 8.16. The first kappa shape index (κ1) is 14.9. The van der Waals surface area contributed by atoms with Gasteiger partial charge in [0.15, 0.2) is 0 Å². The molecule has 0 aliphatic carbocycles. The molecule has 1 fully saturated rings. The average molecular weight is 262 g/mol. The molecule has 0 radical (unpaired) electrons. The predicted molar refractivity (Wildman–Crippen MR) is 71.4 cm³/mol. The van der Waals surface area contributed by atoms with Gasteiger partial charge in [0, 0.05) is 12.6 Å². The molecule has 2 atom stereocenters. The summed E-state index contributed by atoms with van der Waals surface area (Å²) in [6, 6.07) is 0.276. The molecular formula is C12H26N2O2S. The van der Waals surface area contributed by atoms with Crippen LogP contribution in [0.4, 0.5) is 0 Å². The summed E-state index contributed by atoms with van der Waals surface area (Å²) in [4.78, 5) is 0. The van der Waals surface area contributed by atoms with Crippen molar-refractivity contribution >= 4 is 10.0 Å². The van der Waals surface area contributed by atoms with Crippen LogP contribution < -0.4 is 10.0 Å². The Kier molecular flexibility index (Phi) is 4.98. The number of piperidine rings is 1. The molecule has 4 nitrogen and oxygen atoms in total. The lowest BCUT2D eigenvalue weighted by molar-refractivity contribution is 0.299. The molecule has 1 aliphatic rings. The molecule has 1 heterocycles. The van der Waals surface area contributed by atoms with Gasteiger partial charge < -0.3 is 5.32 Å². The molecule has 102 valence electrons. The lowest BCUT2D eigenvalue weighted by atomic mass is 9.93. The molecule has 1 rings (SSSR count). The van der Waals surface area contributed by atoms with Crippen molar-refractivity contribution in [3.8, 4) is 0 Å².